The Morgan fingerprint density at radius 2 is 2.00 bits per heavy atom. The maximum atomic E-state index is 13.6. The summed E-state index contributed by atoms with van der Waals surface area (Å²) < 4.78 is 45.9. The van der Waals surface area contributed by atoms with Gasteiger partial charge < -0.3 is 15.0 Å². The highest BCUT2D eigenvalue weighted by atomic mass is 32.1. The van der Waals surface area contributed by atoms with Crippen LogP contribution in [-0.4, -0.2) is 42.5 Å². The molecule has 2 N–H and O–H groups in total. The monoisotopic (exact) mass is 427 g/mol. The van der Waals surface area contributed by atoms with Gasteiger partial charge in [-0.3, -0.25) is 5.32 Å². The summed E-state index contributed by atoms with van der Waals surface area (Å²) in [5.74, 6) is 0.422. The number of carbonyl (C=O) groups excluding carboxylic acids is 1. The third-order valence-electron chi connectivity index (χ3n) is 4.80. The topological polar surface area (TPSA) is 79.4 Å². The predicted octanol–water partition coefficient (Wildman–Crippen LogP) is 3.59. The number of rotatable bonds is 5. The van der Waals surface area contributed by atoms with E-state index >= 15 is 0 Å². The van der Waals surface area contributed by atoms with Crippen LogP contribution in [0.25, 0.3) is 0 Å². The molecule has 0 atom stereocenters. The SMILES string of the molecule is O=C(NCc1ccc(N2CCOCC2)cc1C(F)(F)F)Nc1nnc(C2CC2)s1. The summed E-state index contributed by atoms with van der Waals surface area (Å²) in [4.78, 5) is 13.9. The molecular weight excluding hydrogens is 407 g/mol. The first-order chi connectivity index (χ1) is 13.9. The van der Waals surface area contributed by atoms with Crippen LogP contribution in [0.1, 0.15) is 34.9 Å². The van der Waals surface area contributed by atoms with Crippen molar-refractivity contribution < 1.29 is 22.7 Å². The molecular formula is C18H20F3N5O2S. The van der Waals surface area contributed by atoms with Crippen molar-refractivity contribution in [2.45, 2.75) is 31.5 Å². The molecule has 1 saturated heterocycles. The maximum absolute atomic E-state index is 13.6. The number of ether oxygens (including phenoxy) is 1. The van der Waals surface area contributed by atoms with Crippen molar-refractivity contribution in [3.05, 3.63) is 34.3 Å². The lowest BCUT2D eigenvalue weighted by atomic mass is 10.1. The second kappa shape index (κ2) is 8.15. The number of anilines is 2. The van der Waals surface area contributed by atoms with E-state index < -0.39 is 17.8 Å². The second-order valence-corrected chi connectivity index (χ2v) is 7.98. The summed E-state index contributed by atoms with van der Waals surface area (Å²) >= 11 is 1.29. The van der Waals surface area contributed by atoms with Crippen LogP contribution < -0.4 is 15.5 Å². The highest BCUT2D eigenvalue weighted by Crippen LogP contribution is 2.42. The lowest BCUT2D eigenvalue weighted by Gasteiger charge is -2.29. The number of amides is 2. The van der Waals surface area contributed by atoms with Crippen molar-refractivity contribution in [2.75, 3.05) is 36.5 Å². The van der Waals surface area contributed by atoms with Crippen LogP contribution in [0.5, 0.6) is 0 Å². The molecule has 2 aliphatic rings. The van der Waals surface area contributed by atoms with E-state index in [1.165, 1.54) is 17.4 Å². The Labute approximate surface area is 169 Å². The molecule has 7 nitrogen and oxygen atoms in total. The summed E-state index contributed by atoms with van der Waals surface area (Å²) in [7, 11) is 0. The highest BCUT2D eigenvalue weighted by Gasteiger charge is 2.34. The number of aromatic nitrogens is 2. The number of alkyl halides is 3. The number of morpholine rings is 1. The van der Waals surface area contributed by atoms with Gasteiger partial charge in [-0.05, 0) is 30.5 Å². The van der Waals surface area contributed by atoms with Crippen LogP contribution >= 0.6 is 11.3 Å². The smallest absolute Gasteiger partial charge is 0.378 e. The second-order valence-electron chi connectivity index (χ2n) is 6.97. The summed E-state index contributed by atoms with van der Waals surface area (Å²) in [5, 5.41) is 14.1. The largest absolute Gasteiger partial charge is 0.416 e. The van der Waals surface area contributed by atoms with Gasteiger partial charge in [-0.25, -0.2) is 4.79 Å². The number of carbonyl (C=O) groups is 1. The van der Waals surface area contributed by atoms with E-state index in [4.69, 9.17) is 4.74 Å². The fraction of sp³-hybridized carbons (Fsp3) is 0.500. The molecule has 0 radical (unpaired) electrons. The number of hydrogen-bond acceptors (Lipinski definition) is 6. The van der Waals surface area contributed by atoms with E-state index in [0.717, 1.165) is 23.9 Å². The van der Waals surface area contributed by atoms with Gasteiger partial charge >= 0.3 is 12.2 Å². The molecule has 2 fully saturated rings. The molecule has 0 bridgehead atoms. The van der Waals surface area contributed by atoms with Crippen LogP contribution in [-0.2, 0) is 17.5 Å². The van der Waals surface area contributed by atoms with Crippen molar-refractivity contribution in [3.8, 4) is 0 Å². The number of nitrogens with zero attached hydrogens (tertiary/aromatic N) is 3. The minimum absolute atomic E-state index is 0.000549. The molecule has 1 saturated carbocycles. The van der Waals surface area contributed by atoms with Crippen molar-refractivity contribution in [1.29, 1.82) is 0 Å². The maximum Gasteiger partial charge on any atom is 0.416 e. The molecule has 1 aromatic carbocycles. The van der Waals surface area contributed by atoms with Crippen molar-refractivity contribution in [2.24, 2.45) is 0 Å². The Bertz CT molecular complexity index is 879. The Morgan fingerprint density at radius 3 is 2.69 bits per heavy atom. The zero-order valence-electron chi connectivity index (χ0n) is 15.5. The molecule has 1 aliphatic carbocycles. The lowest BCUT2D eigenvalue weighted by molar-refractivity contribution is -0.138. The van der Waals surface area contributed by atoms with Crippen LogP contribution in [0, 0.1) is 0 Å². The fourth-order valence-corrected chi connectivity index (χ4v) is 4.01. The standard InChI is InChI=1S/C18H20F3N5O2S/c19-18(20,21)14-9-13(26-5-7-28-8-6-26)4-3-12(14)10-22-16(27)23-17-25-24-15(29-17)11-1-2-11/h3-4,9,11H,1-2,5-8,10H2,(H2,22,23,25,27). The van der Waals surface area contributed by atoms with Gasteiger partial charge in [-0.1, -0.05) is 17.4 Å². The molecule has 2 heterocycles. The third kappa shape index (κ3) is 4.96. The number of hydrogen-bond donors (Lipinski definition) is 2. The quantitative estimate of drug-likeness (QED) is 0.763. The first-order valence-corrected chi connectivity index (χ1v) is 10.1. The molecule has 156 valence electrons. The van der Waals surface area contributed by atoms with E-state index in [0.29, 0.717) is 43.0 Å². The minimum atomic E-state index is -4.52. The van der Waals surface area contributed by atoms with E-state index in [1.807, 2.05) is 4.90 Å². The average Bonchev–Trinajstić information content (AvgIpc) is 3.46. The average molecular weight is 427 g/mol. The summed E-state index contributed by atoms with van der Waals surface area (Å²) in [6, 6.07) is 3.56. The Balaban J connectivity index is 1.41. The Morgan fingerprint density at radius 1 is 1.24 bits per heavy atom. The summed E-state index contributed by atoms with van der Waals surface area (Å²) in [5.41, 5.74) is -0.260. The van der Waals surface area contributed by atoms with Crippen LogP contribution in [0.4, 0.5) is 28.8 Å². The first-order valence-electron chi connectivity index (χ1n) is 9.31. The van der Waals surface area contributed by atoms with Gasteiger partial charge in [0.2, 0.25) is 5.13 Å². The summed E-state index contributed by atoms with van der Waals surface area (Å²) in [6.07, 6.45) is -2.38. The number of halogens is 3. The molecule has 29 heavy (non-hydrogen) atoms. The van der Waals surface area contributed by atoms with Gasteiger partial charge in [0.25, 0.3) is 0 Å². The van der Waals surface area contributed by atoms with Crippen molar-refractivity contribution in [3.63, 3.8) is 0 Å². The summed E-state index contributed by atoms with van der Waals surface area (Å²) in [6.45, 7) is 1.81. The zero-order valence-corrected chi connectivity index (χ0v) is 16.3. The van der Waals surface area contributed by atoms with Crippen LogP contribution in [0.2, 0.25) is 0 Å². The van der Waals surface area contributed by atoms with E-state index in [1.54, 1.807) is 6.07 Å². The Kier molecular flexibility index (Phi) is 5.59. The molecule has 4 rings (SSSR count). The molecule has 2 amide bonds. The van der Waals surface area contributed by atoms with Gasteiger partial charge in [0, 0.05) is 31.2 Å². The van der Waals surface area contributed by atoms with Gasteiger partial charge in [0.05, 0.1) is 18.8 Å². The van der Waals surface area contributed by atoms with Crippen molar-refractivity contribution in [1.82, 2.24) is 15.5 Å². The molecule has 0 unspecified atom stereocenters. The molecule has 11 heteroatoms. The zero-order chi connectivity index (χ0) is 20.4. The predicted molar refractivity (Wildman–Crippen MR) is 102 cm³/mol. The van der Waals surface area contributed by atoms with Crippen LogP contribution in [0.3, 0.4) is 0 Å². The number of nitrogens with one attached hydrogen (secondary N) is 2. The third-order valence-corrected chi connectivity index (χ3v) is 5.80. The lowest BCUT2D eigenvalue weighted by Crippen LogP contribution is -2.36. The molecule has 1 aliphatic heterocycles. The molecule has 1 aromatic heterocycles. The minimum Gasteiger partial charge on any atom is -0.378 e. The van der Waals surface area contributed by atoms with E-state index in [-0.39, 0.29) is 12.1 Å². The highest BCUT2D eigenvalue weighted by molar-refractivity contribution is 7.15. The number of benzene rings is 1. The van der Waals surface area contributed by atoms with Crippen LogP contribution in [0.15, 0.2) is 18.2 Å². The van der Waals surface area contributed by atoms with E-state index in [2.05, 4.69) is 20.8 Å². The van der Waals surface area contributed by atoms with Gasteiger partial charge in [0.1, 0.15) is 5.01 Å². The van der Waals surface area contributed by atoms with Gasteiger partial charge in [-0.15, -0.1) is 10.2 Å². The van der Waals surface area contributed by atoms with Gasteiger partial charge in [-0.2, -0.15) is 13.2 Å². The number of urea groups is 1. The first kappa shape index (κ1) is 19.9. The molecule has 2 aromatic rings. The van der Waals surface area contributed by atoms with Crippen molar-refractivity contribution >= 4 is 28.2 Å². The Hall–Kier alpha value is -2.40. The normalized spacial score (nSPS) is 17.3. The molecule has 0 spiro atoms. The van der Waals surface area contributed by atoms with E-state index in [9.17, 15) is 18.0 Å². The van der Waals surface area contributed by atoms with Gasteiger partial charge in [0.15, 0.2) is 0 Å². The fourth-order valence-electron chi connectivity index (χ4n) is 3.10.